The number of benzene rings is 2. The minimum absolute atomic E-state index is 0.142. The van der Waals surface area contributed by atoms with Crippen LogP contribution in [0.15, 0.2) is 42.5 Å². The van der Waals surface area contributed by atoms with E-state index >= 15 is 0 Å². The molecule has 0 saturated heterocycles. The summed E-state index contributed by atoms with van der Waals surface area (Å²) in [5, 5.41) is 21.2. The number of halogens is 1. The van der Waals surface area contributed by atoms with Crippen LogP contribution in [0, 0.1) is 0 Å². The molecule has 2 aromatic rings. The van der Waals surface area contributed by atoms with Crippen molar-refractivity contribution in [1.82, 2.24) is 4.90 Å². The number of hydrogen-bond acceptors (Lipinski definition) is 12. The number of fused-ring (bicyclic) bond motifs is 1. The van der Waals surface area contributed by atoms with Crippen LogP contribution in [0.1, 0.15) is 44.9 Å². The van der Waals surface area contributed by atoms with Gasteiger partial charge < -0.3 is 43.5 Å². The monoisotopic (exact) mass is 651 g/mol. The molecule has 1 aliphatic heterocycles. The van der Waals surface area contributed by atoms with Gasteiger partial charge in [0.1, 0.15) is 5.60 Å². The number of esters is 3. The summed E-state index contributed by atoms with van der Waals surface area (Å²) < 4.78 is 30.0. The lowest BCUT2D eigenvalue weighted by Crippen LogP contribution is -2.57. The highest BCUT2D eigenvalue weighted by Crippen LogP contribution is 2.41. The Bertz CT molecular complexity index is 1440. The van der Waals surface area contributed by atoms with Crippen LogP contribution in [0.5, 0.6) is 11.5 Å². The zero-order chi connectivity index (χ0) is 33.7. The molecule has 1 amide bonds. The fraction of sp³-hybridized carbons (Fsp3) is 0.433. The molecule has 3 rings (SSSR count). The highest BCUT2D eigenvalue weighted by Gasteiger charge is 2.60. The smallest absolute Gasteiger partial charge is 0.453 e. The summed E-state index contributed by atoms with van der Waals surface area (Å²) in [5.41, 5.74) is 0.182. The minimum Gasteiger partial charge on any atom is -0.475 e. The van der Waals surface area contributed by atoms with Gasteiger partial charge in [0, 0.05) is 11.1 Å². The number of carbonyl (C=O) groups excluding carboxylic acids is 4. The standard InChI is InChI=1S/C30H34ClNO13/c1-16(32(28(39)45-29(2,3)4)15-20(33)18-8-7-9-19(31)14-18)12-17-10-11-21-22(13-17)44-30(43-21,26(36)37)27(38)42-23(24(34)40-5)25(35)41-6/h7-11,13-14,16,20,23,33H,12,15H2,1-6H3,(H,36,37). The van der Waals surface area contributed by atoms with E-state index < -0.39 is 59.6 Å². The second-order valence-electron chi connectivity index (χ2n) is 11.0. The first-order valence-electron chi connectivity index (χ1n) is 13.6. The molecule has 0 radical (unpaired) electrons. The summed E-state index contributed by atoms with van der Waals surface area (Å²) in [5.74, 6) is -9.73. The van der Waals surface area contributed by atoms with Crippen LogP contribution in [0.3, 0.4) is 0 Å². The first-order valence-corrected chi connectivity index (χ1v) is 13.9. The summed E-state index contributed by atoms with van der Waals surface area (Å²) in [4.78, 5) is 63.6. The van der Waals surface area contributed by atoms with Gasteiger partial charge in [-0.15, -0.1) is 0 Å². The number of aliphatic carboxylic acids is 1. The lowest BCUT2D eigenvalue weighted by atomic mass is 10.0. The SMILES string of the molecule is COC(=O)C(OC(=O)C1(C(=O)O)Oc2ccc(CC(C)N(CC(O)c3cccc(Cl)c3)C(=O)OC(C)(C)C)cc2O1)C(=O)OC. The lowest BCUT2D eigenvalue weighted by Gasteiger charge is -2.33. The molecule has 15 heteroatoms. The molecule has 2 N–H and O–H groups in total. The van der Waals surface area contributed by atoms with Crippen molar-refractivity contribution in [3.63, 3.8) is 0 Å². The molecule has 2 aromatic carbocycles. The first kappa shape index (κ1) is 34.9. The number of carboxylic acids is 1. The van der Waals surface area contributed by atoms with Gasteiger partial charge in [0.2, 0.25) is 0 Å². The first-order chi connectivity index (χ1) is 21.0. The number of carbonyl (C=O) groups is 5. The Labute approximate surface area is 263 Å². The number of ether oxygens (including phenoxy) is 6. The van der Waals surface area contributed by atoms with E-state index in [1.165, 1.54) is 17.0 Å². The van der Waals surface area contributed by atoms with Crippen molar-refractivity contribution in [2.24, 2.45) is 0 Å². The summed E-state index contributed by atoms with van der Waals surface area (Å²) in [6, 6.07) is 10.3. The molecule has 14 nitrogen and oxygen atoms in total. The van der Waals surface area contributed by atoms with E-state index in [2.05, 4.69) is 9.47 Å². The van der Waals surface area contributed by atoms with Crippen LogP contribution in [0.2, 0.25) is 5.02 Å². The average Bonchev–Trinajstić information content (AvgIpc) is 3.37. The third-order valence-corrected chi connectivity index (χ3v) is 6.65. The van der Waals surface area contributed by atoms with Crippen molar-refractivity contribution in [2.75, 3.05) is 20.8 Å². The van der Waals surface area contributed by atoms with Gasteiger partial charge in [-0.2, -0.15) is 0 Å². The zero-order valence-electron chi connectivity index (χ0n) is 25.4. The molecule has 0 bridgehead atoms. The zero-order valence-corrected chi connectivity index (χ0v) is 26.2. The van der Waals surface area contributed by atoms with Gasteiger partial charge in [-0.1, -0.05) is 29.8 Å². The highest BCUT2D eigenvalue weighted by molar-refractivity contribution is 6.30. The van der Waals surface area contributed by atoms with Gasteiger partial charge in [-0.05, 0) is 69.5 Å². The number of nitrogens with zero attached hydrogens (tertiary/aromatic N) is 1. The van der Waals surface area contributed by atoms with Gasteiger partial charge in [-0.25, -0.2) is 24.0 Å². The number of aliphatic hydroxyl groups excluding tert-OH is 1. The highest BCUT2D eigenvalue weighted by atomic mass is 35.5. The van der Waals surface area contributed by atoms with E-state index in [1.807, 2.05) is 0 Å². The van der Waals surface area contributed by atoms with Crippen LogP contribution in [-0.4, -0.2) is 89.4 Å². The minimum atomic E-state index is -3.10. The number of methoxy groups -OCH3 is 2. The number of aliphatic hydroxyl groups is 1. The summed E-state index contributed by atoms with van der Waals surface area (Å²) >= 11 is 6.07. The molecule has 0 aliphatic carbocycles. The van der Waals surface area contributed by atoms with Gasteiger partial charge >= 0.3 is 35.8 Å². The second kappa shape index (κ2) is 14.0. The maximum atomic E-state index is 13.2. The molecular weight excluding hydrogens is 618 g/mol. The number of amides is 1. The van der Waals surface area contributed by atoms with E-state index in [4.69, 9.17) is 30.5 Å². The maximum absolute atomic E-state index is 13.2. The molecular formula is C30H34ClNO13. The normalized spacial score (nSPS) is 16.7. The topological polar surface area (TPSA) is 184 Å². The van der Waals surface area contributed by atoms with Crippen LogP contribution < -0.4 is 9.47 Å². The third-order valence-electron chi connectivity index (χ3n) is 6.42. The summed E-state index contributed by atoms with van der Waals surface area (Å²) in [6.07, 6.45) is -3.86. The molecule has 0 saturated carbocycles. The Morgan fingerprint density at radius 2 is 1.60 bits per heavy atom. The molecule has 244 valence electrons. The van der Waals surface area contributed by atoms with Crippen LogP contribution in [0.25, 0.3) is 0 Å². The van der Waals surface area contributed by atoms with E-state index in [0.29, 0.717) is 16.1 Å². The molecule has 1 heterocycles. The van der Waals surface area contributed by atoms with Crippen molar-refractivity contribution < 1.29 is 62.6 Å². The molecule has 0 fully saturated rings. The fourth-order valence-corrected chi connectivity index (χ4v) is 4.43. The quantitative estimate of drug-likeness (QED) is 0.205. The number of carboxylic acid groups (broad SMARTS) is 1. The molecule has 45 heavy (non-hydrogen) atoms. The van der Waals surface area contributed by atoms with Gasteiger partial charge in [0.25, 0.3) is 6.10 Å². The van der Waals surface area contributed by atoms with Gasteiger partial charge in [0.15, 0.2) is 11.5 Å². The van der Waals surface area contributed by atoms with Crippen LogP contribution in [-0.2, 0) is 44.5 Å². The lowest BCUT2D eigenvalue weighted by molar-refractivity contribution is -0.207. The third kappa shape index (κ3) is 8.34. The number of rotatable bonds is 11. The Morgan fingerprint density at radius 1 is 0.978 bits per heavy atom. The van der Waals surface area contributed by atoms with Gasteiger partial charge in [-0.3, -0.25) is 0 Å². The molecule has 3 unspecified atom stereocenters. The van der Waals surface area contributed by atoms with E-state index in [0.717, 1.165) is 14.2 Å². The van der Waals surface area contributed by atoms with E-state index in [9.17, 15) is 34.2 Å². The van der Waals surface area contributed by atoms with Crippen molar-refractivity contribution in [2.45, 2.75) is 63.8 Å². The second-order valence-corrected chi connectivity index (χ2v) is 11.4. The molecule has 0 aromatic heterocycles. The molecule has 1 aliphatic rings. The van der Waals surface area contributed by atoms with Crippen molar-refractivity contribution in [3.8, 4) is 11.5 Å². The van der Waals surface area contributed by atoms with Gasteiger partial charge in [0.05, 0.1) is 26.9 Å². The average molecular weight is 652 g/mol. The Hall–Kier alpha value is -4.56. The molecule has 3 atom stereocenters. The van der Waals surface area contributed by atoms with E-state index in [-0.39, 0.29) is 24.5 Å². The van der Waals surface area contributed by atoms with Crippen LogP contribution in [0.4, 0.5) is 4.79 Å². The van der Waals surface area contributed by atoms with Crippen molar-refractivity contribution in [1.29, 1.82) is 0 Å². The van der Waals surface area contributed by atoms with Crippen molar-refractivity contribution >= 4 is 41.6 Å². The number of hydrogen-bond donors (Lipinski definition) is 2. The predicted octanol–water partition coefficient (Wildman–Crippen LogP) is 3.05. The molecule has 0 spiro atoms. The Morgan fingerprint density at radius 3 is 2.16 bits per heavy atom. The maximum Gasteiger partial charge on any atom is 0.453 e. The predicted molar refractivity (Wildman–Crippen MR) is 154 cm³/mol. The largest absolute Gasteiger partial charge is 0.475 e. The van der Waals surface area contributed by atoms with E-state index in [1.54, 1.807) is 58.0 Å². The Kier molecular flexibility index (Phi) is 10.9. The van der Waals surface area contributed by atoms with Crippen LogP contribution >= 0.6 is 11.6 Å². The summed E-state index contributed by atoms with van der Waals surface area (Å²) in [6.45, 7) is 6.69. The fourth-order valence-electron chi connectivity index (χ4n) is 4.24. The Balaban J connectivity index is 1.85. The van der Waals surface area contributed by atoms with Crippen molar-refractivity contribution in [3.05, 3.63) is 58.6 Å². The summed E-state index contributed by atoms with van der Waals surface area (Å²) in [7, 11) is 1.84.